The summed E-state index contributed by atoms with van der Waals surface area (Å²) in [6.07, 6.45) is 1.19. The van der Waals surface area contributed by atoms with Crippen LogP contribution in [0.5, 0.6) is 11.5 Å². The summed E-state index contributed by atoms with van der Waals surface area (Å²) >= 11 is 0. The number of hydrogen-bond acceptors (Lipinski definition) is 7. The van der Waals surface area contributed by atoms with E-state index in [1.165, 1.54) is 55.7 Å². The number of allylic oxidation sites excluding steroid dienone is 1. The van der Waals surface area contributed by atoms with Crippen LogP contribution >= 0.6 is 0 Å². The summed E-state index contributed by atoms with van der Waals surface area (Å²) in [7, 11) is -6.82. The van der Waals surface area contributed by atoms with Gasteiger partial charge >= 0.3 is 10.1 Å². The van der Waals surface area contributed by atoms with Crippen LogP contribution in [0, 0.1) is 25.2 Å². The third-order valence-corrected chi connectivity index (χ3v) is 7.66. The van der Waals surface area contributed by atoms with E-state index in [4.69, 9.17) is 8.92 Å². The van der Waals surface area contributed by atoms with E-state index < -0.39 is 24.9 Å². The summed E-state index contributed by atoms with van der Waals surface area (Å²) in [6, 6.07) is 18.2. The molecule has 0 atom stereocenters. The van der Waals surface area contributed by atoms with Gasteiger partial charge in [-0.05, 0) is 61.9 Å². The zero-order chi connectivity index (χ0) is 24.2. The zero-order valence-corrected chi connectivity index (χ0v) is 19.8. The van der Waals surface area contributed by atoms with Crippen LogP contribution < -0.4 is 8.92 Å². The second-order valence-electron chi connectivity index (χ2n) is 7.20. The Morgan fingerprint density at radius 1 is 0.818 bits per heavy atom. The van der Waals surface area contributed by atoms with Crippen molar-refractivity contribution in [2.45, 2.75) is 23.6 Å². The van der Waals surface area contributed by atoms with Crippen molar-refractivity contribution in [3.8, 4) is 17.6 Å². The first-order valence-electron chi connectivity index (χ1n) is 9.69. The molecule has 0 saturated heterocycles. The minimum atomic E-state index is -4.11. The number of methoxy groups -OCH3 is 1. The van der Waals surface area contributed by atoms with Gasteiger partial charge in [0.05, 0.1) is 12.0 Å². The van der Waals surface area contributed by atoms with Gasteiger partial charge in [0.2, 0.25) is 9.84 Å². The number of rotatable bonds is 7. The molecule has 0 saturated carbocycles. The fourth-order valence-electron chi connectivity index (χ4n) is 2.88. The number of sulfone groups is 1. The van der Waals surface area contributed by atoms with Crippen molar-refractivity contribution in [2.24, 2.45) is 0 Å². The molecule has 33 heavy (non-hydrogen) atoms. The van der Waals surface area contributed by atoms with E-state index in [0.29, 0.717) is 5.56 Å². The summed E-state index contributed by atoms with van der Waals surface area (Å²) in [5.41, 5.74) is 2.10. The Morgan fingerprint density at radius 2 is 1.36 bits per heavy atom. The molecule has 0 heterocycles. The highest BCUT2D eigenvalue weighted by atomic mass is 32.2. The van der Waals surface area contributed by atoms with Crippen LogP contribution in [0.1, 0.15) is 16.7 Å². The van der Waals surface area contributed by atoms with E-state index in [1.807, 2.05) is 13.8 Å². The Labute approximate surface area is 193 Å². The summed E-state index contributed by atoms with van der Waals surface area (Å²) in [4.78, 5) is -0.485. The maximum atomic E-state index is 12.8. The number of nitriles is 1. The third-order valence-electron chi connectivity index (χ3n) is 4.73. The van der Waals surface area contributed by atoms with Crippen molar-refractivity contribution in [3.05, 3.63) is 88.3 Å². The van der Waals surface area contributed by atoms with Gasteiger partial charge in [-0.15, -0.1) is 0 Å². The first-order chi connectivity index (χ1) is 15.6. The molecular weight excluding hydrogens is 462 g/mol. The molecule has 7 nitrogen and oxygen atoms in total. The molecule has 0 amide bonds. The van der Waals surface area contributed by atoms with Gasteiger partial charge in [-0.1, -0.05) is 41.5 Å². The molecular formula is C24H21NO6S2. The van der Waals surface area contributed by atoms with E-state index in [1.54, 1.807) is 30.3 Å². The van der Waals surface area contributed by atoms with Crippen molar-refractivity contribution in [1.29, 1.82) is 5.26 Å². The van der Waals surface area contributed by atoms with Crippen LogP contribution in [-0.4, -0.2) is 23.9 Å². The fourth-order valence-corrected chi connectivity index (χ4v) is 4.98. The van der Waals surface area contributed by atoms with Crippen LogP contribution in [0.4, 0.5) is 0 Å². The van der Waals surface area contributed by atoms with E-state index in [0.717, 1.165) is 11.1 Å². The maximum Gasteiger partial charge on any atom is 0.339 e. The monoisotopic (exact) mass is 483 g/mol. The predicted molar refractivity (Wildman–Crippen MR) is 124 cm³/mol. The van der Waals surface area contributed by atoms with Gasteiger partial charge < -0.3 is 8.92 Å². The lowest BCUT2D eigenvalue weighted by molar-refractivity contribution is 0.390. The van der Waals surface area contributed by atoms with Crippen molar-refractivity contribution < 1.29 is 25.8 Å². The third kappa shape index (κ3) is 5.42. The molecule has 3 aromatic carbocycles. The standard InChI is InChI=1S/C24H21NO6S2/c1-17-4-9-20(10-5-17)32(26,27)22(16-25)14-19-8-13-23(24(15-19)30-3)31-33(28,29)21-11-6-18(2)7-12-21/h4-15H,1-3H3/b22-14+. The molecule has 0 aliphatic heterocycles. The molecule has 0 aromatic heterocycles. The average Bonchev–Trinajstić information content (AvgIpc) is 2.78. The van der Waals surface area contributed by atoms with Crippen LogP contribution in [-0.2, 0) is 20.0 Å². The molecule has 0 spiro atoms. The smallest absolute Gasteiger partial charge is 0.339 e. The topological polar surface area (TPSA) is 111 Å². The van der Waals surface area contributed by atoms with Gasteiger partial charge in [-0.3, -0.25) is 0 Å². The van der Waals surface area contributed by atoms with Gasteiger partial charge in [0, 0.05) is 0 Å². The Bertz CT molecular complexity index is 1450. The second-order valence-corrected chi connectivity index (χ2v) is 10.7. The lowest BCUT2D eigenvalue weighted by atomic mass is 10.2. The van der Waals surface area contributed by atoms with Gasteiger partial charge in [0.15, 0.2) is 11.5 Å². The molecule has 0 unspecified atom stereocenters. The second kappa shape index (κ2) is 9.48. The first kappa shape index (κ1) is 24.0. The van der Waals surface area contributed by atoms with Crippen LogP contribution in [0.25, 0.3) is 6.08 Å². The summed E-state index contributed by atoms with van der Waals surface area (Å²) in [6.45, 7) is 3.66. The van der Waals surface area contributed by atoms with Crippen molar-refractivity contribution >= 4 is 26.0 Å². The van der Waals surface area contributed by atoms with Crippen LogP contribution in [0.3, 0.4) is 0 Å². The number of nitrogens with zero attached hydrogens (tertiary/aromatic N) is 1. The molecule has 9 heteroatoms. The lowest BCUT2D eigenvalue weighted by Gasteiger charge is -2.12. The van der Waals surface area contributed by atoms with E-state index >= 15 is 0 Å². The summed E-state index contributed by atoms with van der Waals surface area (Å²) in [5.74, 6) is -0.0143. The summed E-state index contributed by atoms with van der Waals surface area (Å²) < 4.78 is 61.3. The molecule has 3 aromatic rings. The van der Waals surface area contributed by atoms with E-state index in [2.05, 4.69) is 0 Å². The SMILES string of the molecule is COc1cc(/C=C(\C#N)S(=O)(=O)c2ccc(C)cc2)ccc1OS(=O)(=O)c1ccc(C)cc1. The highest BCUT2D eigenvalue weighted by molar-refractivity contribution is 7.95. The molecule has 0 aliphatic carbocycles. The molecule has 0 aliphatic rings. The average molecular weight is 484 g/mol. The summed E-state index contributed by atoms with van der Waals surface area (Å²) in [5, 5.41) is 9.49. The van der Waals surface area contributed by atoms with E-state index in [9.17, 15) is 22.1 Å². The Hall–Kier alpha value is -3.61. The van der Waals surface area contributed by atoms with Gasteiger partial charge in [-0.2, -0.15) is 13.7 Å². The normalized spacial score (nSPS) is 12.1. The molecule has 3 rings (SSSR count). The number of benzene rings is 3. The largest absolute Gasteiger partial charge is 0.493 e. The van der Waals surface area contributed by atoms with E-state index in [-0.39, 0.29) is 21.3 Å². The predicted octanol–water partition coefficient (Wildman–Crippen LogP) is 4.42. The Balaban J connectivity index is 1.96. The van der Waals surface area contributed by atoms with Crippen LogP contribution in [0.2, 0.25) is 0 Å². The molecule has 170 valence electrons. The zero-order valence-electron chi connectivity index (χ0n) is 18.1. The number of hydrogen-bond donors (Lipinski definition) is 0. The van der Waals surface area contributed by atoms with Crippen molar-refractivity contribution in [1.82, 2.24) is 0 Å². The highest BCUT2D eigenvalue weighted by Crippen LogP contribution is 2.32. The van der Waals surface area contributed by atoms with Gasteiger partial charge in [0.25, 0.3) is 0 Å². The maximum absolute atomic E-state index is 12.8. The lowest BCUT2D eigenvalue weighted by Crippen LogP contribution is -2.10. The molecule has 0 radical (unpaired) electrons. The van der Waals surface area contributed by atoms with Gasteiger partial charge in [-0.25, -0.2) is 8.42 Å². The number of ether oxygens (including phenoxy) is 1. The molecule has 0 N–H and O–H groups in total. The molecule has 0 fully saturated rings. The minimum Gasteiger partial charge on any atom is -0.493 e. The Morgan fingerprint density at radius 3 is 1.88 bits per heavy atom. The fraction of sp³-hybridized carbons (Fsp3) is 0.125. The first-order valence-corrected chi connectivity index (χ1v) is 12.6. The highest BCUT2D eigenvalue weighted by Gasteiger charge is 2.22. The van der Waals surface area contributed by atoms with Crippen molar-refractivity contribution in [3.63, 3.8) is 0 Å². The van der Waals surface area contributed by atoms with Crippen molar-refractivity contribution in [2.75, 3.05) is 7.11 Å². The van der Waals surface area contributed by atoms with Crippen LogP contribution in [0.15, 0.2) is 81.4 Å². The molecule has 0 bridgehead atoms. The quantitative estimate of drug-likeness (QED) is 0.361. The Kier molecular flexibility index (Phi) is 6.91. The minimum absolute atomic E-state index is 0.00277. The van der Waals surface area contributed by atoms with Gasteiger partial charge in [0.1, 0.15) is 15.9 Å². The number of aryl methyl sites for hydroxylation is 2.